The zero-order valence-corrected chi connectivity index (χ0v) is 8.91. The molecule has 0 aromatic carbocycles. The minimum Gasteiger partial charge on any atom is -0.206 e. The molecule has 0 fully saturated rings. The molecule has 0 aliphatic rings. The molecule has 0 aliphatic carbocycles. The van der Waals surface area contributed by atoms with Crippen LogP contribution < -0.4 is 4.72 Å². The number of nitrogens with one attached hydrogen (secondary N) is 1. The Balaban J connectivity index is 2.74. The Morgan fingerprint density at radius 1 is 1.69 bits per heavy atom. The van der Waals surface area contributed by atoms with Crippen molar-refractivity contribution in [3.8, 4) is 0 Å². The summed E-state index contributed by atoms with van der Waals surface area (Å²) >= 11 is 1.20. The van der Waals surface area contributed by atoms with Crippen LogP contribution in [0.25, 0.3) is 0 Å². The van der Waals surface area contributed by atoms with Crippen LogP contribution in [0.15, 0.2) is 33.9 Å². The molecule has 1 N–H and O–H groups in total. The summed E-state index contributed by atoms with van der Waals surface area (Å²) in [6.45, 7) is 5.68. The second-order valence-corrected chi connectivity index (χ2v) is 5.66. The van der Waals surface area contributed by atoms with Crippen molar-refractivity contribution < 1.29 is 8.42 Å². The summed E-state index contributed by atoms with van der Waals surface area (Å²) < 4.78 is 25.7. The number of thiophene rings is 1. The van der Waals surface area contributed by atoms with Crippen molar-refractivity contribution >= 4 is 21.4 Å². The fourth-order valence-electron chi connectivity index (χ4n) is 0.706. The van der Waals surface area contributed by atoms with Crippen molar-refractivity contribution in [2.75, 3.05) is 6.54 Å². The van der Waals surface area contributed by atoms with Crippen molar-refractivity contribution in [3.05, 3.63) is 29.7 Å². The zero-order valence-electron chi connectivity index (χ0n) is 7.28. The molecule has 0 saturated heterocycles. The third-order valence-corrected chi connectivity index (χ3v) is 4.12. The Morgan fingerprint density at radius 3 is 2.85 bits per heavy atom. The van der Waals surface area contributed by atoms with Gasteiger partial charge in [-0.25, -0.2) is 13.1 Å². The van der Waals surface area contributed by atoms with Crippen LogP contribution in [0.1, 0.15) is 6.92 Å². The highest BCUT2D eigenvalue weighted by atomic mass is 32.2. The van der Waals surface area contributed by atoms with Crippen molar-refractivity contribution in [2.24, 2.45) is 0 Å². The Labute approximate surface area is 82.2 Å². The van der Waals surface area contributed by atoms with Gasteiger partial charge in [0.05, 0.1) is 0 Å². The van der Waals surface area contributed by atoms with E-state index in [1.165, 1.54) is 11.3 Å². The lowest BCUT2D eigenvalue weighted by atomic mass is 10.4. The molecule has 1 heterocycles. The van der Waals surface area contributed by atoms with E-state index in [1.807, 2.05) is 0 Å². The first kappa shape index (κ1) is 10.4. The molecule has 13 heavy (non-hydrogen) atoms. The molecule has 0 amide bonds. The van der Waals surface area contributed by atoms with Gasteiger partial charge in [0.1, 0.15) is 4.21 Å². The normalized spacial score (nSPS) is 11.5. The van der Waals surface area contributed by atoms with Crippen LogP contribution in [-0.2, 0) is 10.0 Å². The first-order valence-electron chi connectivity index (χ1n) is 3.70. The summed E-state index contributed by atoms with van der Waals surface area (Å²) in [5, 5.41) is 1.73. The molecule has 0 saturated carbocycles. The lowest BCUT2D eigenvalue weighted by Crippen LogP contribution is -2.24. The average Bonchev–Trinajstić information content (AvgIpc) is 2.53. The molecule has 0 atom stereocenters. The highest BCUT2D eigenvalue weighted by Crippen LogP contribution is 2.14. The lowest BCUT2D eigenvalue weighted by Gasteiger charge is -2.02. The van der Waals surface area contributed by atoms with Gasteiger partial charge in [0.15, 0.2) is 0 Å². The molecule has 0 aliphatic heterocycles. The second-order valence-electron chi connectivity index (χ2n) is 2.71. The molecule has 0 radical (unpaired) electrons. The highest BCUT2D eigenvalue weighted by molar-refractivity contribution is 7.91. The predicted molar refractivity (Wildman–Crippen MR) is 54.3 cm³/mol. The molecule has 0 spiro atoms. The van der Waals surface area contributed by atoms with Crippen molar-refractivity contribution in [1.29, 1.82) is 0 Å². The number of sulfonamides is 1. The third-order valence-electron chi connectivity index (χ3n) is 1.32. The quantitative estimate of drug-likeness (QED) is 0.779. The Kier molecular flexibility index (Phi) is 3.24. The molecule has 0 bridgehead atoms. The second kappa shape index (κ2) is 4.04. The van der Waals surface area contributed by atoms with Gasteiger partial charge in [-0.1, -0.05) is 18.2 Å². The Morgan fingerprint density at radius 2 is 2.38 bits per heavy atom. The van der Waals surface area contributed by atoms with E-state index in [2.05, 4.69) is 11.3 Å². The first-order valence-corrected chi connectivity index (χ1v) is 6.06. The Hall–Kier alpha value is -0.650. The molecular weight excluding hydrogens is 206 g/mol. The minimum absolute atomic E-state index is 0.292. The van der Waals surface area contributed by atoms with Crippen LogP contribution in [0, 0.1) is 0 Å². The average molecular weight is 217 g/mol. The van der Waals surface area contributed by atoms with Gasteiger partial charge >= 0.3 is 0 Å². The zero-order chi connectivity index (χ0) is 9.90. The summed E-state index contributed by atoms with van der Waals surface area (Å²) in [6, 6.07) is 3.28. The molecule has 5 heteroatoms. The number of hydrogen-bond donors (Lipinski definition) is 1. The van der Waals surface area contributed by atoms with Gasteiger partial charge in [0.25, 0.3) is 0 Å². The summed E-state index contributed by atoms with van der Waals surface area (Å²) in [5.74, 6) is 0. The largest absolute Gasteiger partial charge is 0.250 e. The Bertz CT molecular complexity index is 378. The highest BCUT2D eigenvalue weighted by Gasteiger charge is 2.13. The molecule has 1 aromatic rings. The molecule has 72 valence electrons. The van der Waals surface area contributed by atoms with Gasteiger partial charge in [-0.2, -0.15) is 0 Å². The number of hydrogen-bond acceptors (Lipinski definition) is 3. The van der Waals surface area contributed by atoms with Crippen LogP contribution in [0.2, 0.25) is 0 Å². The van der Waals surface area contributed by atoms with E-state index in [0.29, 0.717) is 10.8 Å². The van der Waals surface area contributed by atoms with Crippen molar-refractivity contribution in [3.63, 3.8) is 0 Å². The van der Waals surface area contributed by atoms with Crippen LogP contribution >= 0.6 is 11.3 Å². The van der Waals surface area contributed by atoms with Gasteiger partial charge in [0.2, 0.25) is 10.0 Å². The number of rotatable bonds is 4. The summed E-state index contributed by atoms with van der Waals surface area (Å²) in [5.41, 5.74) is 0.792. The summed E-state index contributed by atoms with van der Waals surface area (Å²) in [6.07, 6.45) is 0. The topological polar surface area (TPSA) is 46.2 Å². The van der Waals surface area contributed by atoms with Crippen LogP contribution in [0.4, 0.5) is 0 Å². The fraction of sp³-hybridized carbons (Fsp3) is 0.250. The van der Waals surface area contributed by atoms with E-state index in [1.54, 1.807) is 24.4 Å². The SMILES string of the molecule is C=C(C)CNS(=O)(=O)c1cccs1. The van der Waals surface area contributed by atoms with E-state index in [4.69, 9.17) is 0 Å². The molecule has 1 aromatic heterocycles. The van der Waals surface area contributed by atoms with Crippen molar-refractivity contribution in [1.82, 2.24) is 4.72 Å². The molecule has 3 nitrogen and oxygen atoms in total. The molecule has 1 rings (SSSR count). The van der Waals surface area contributed by atoms with Crippen LogP contribution in [0.3, 0.4) is 0 Å². The van der Waals surface area contributed by atoms with Gasteiger partial charge in [-0.15, -0.1) is 11.3 Å². The smallest absolute Gasteiger partial charge is 0.206 e. The van der Waals surface area contributed by atoms with E-state index >= 15 is 0 Å². The summed E-state index contributed by atoms with van der Waals surface area (Å²) in [7, 11) is -3.30. The van der Waals surface area contributed by atoms with Gasteiger partial charge in [0, 0.05) is 6.54 Å². The van der Waals surface area contributed by atoms with Gasteiger partial charge in [-0.3, -0.25) is 0 Å². The van der Waals surface area contributed by atoms with Crippen molar-refractivity contribution in [2.45, 2.75) is 11.1 Å². The third kappa shape index (κ3) is 2.95. The predicted octanol–water partition coefficient (Wildman–Crippen LogP) is 1.60. The monoisotopic (exact) mass is 217 g/mol. The molecular formula is C8H11NO2S2. The van der Waals surface area contributed by atoms with E-state index < -0.39 is 10.0 Å². The lowest BCUT2D eigenvalue weighted by molar-refractivity contribution is 0.587. The fourth-order valence-corrected chi connectivity index (χ4v) is 2.84. The van der Waals surface area contributed by atoms with E-state index in [9.17, 15) is 8.42 Å². The minimum atomic E-state index is -3.30. The standard InChI is InChI=1S/C8H11NO2S2/c1-7(2)6-9-13(10,11)8-4-3-5-12-8/h3-5,9H,1,6H2,2H3. The van der Waals surface area contributed by atoms with Crippen LogP contribution in [-0.4, -0.2) is 15.0 Å². The maximum atomic E-state index is 11.5. The maximum absolute atomic E-state index is 11.5. The van der Waals surface area contributed by atoms with Gasteiger partial charge in [-0.05, 0) is 18.4 Å². The van der Waals surface area contributed by atoms with Crippen LogP contribution in [0.5, 0.6) is 0 Å². The van der Waals surface area contributed by atoms with E-state index in [0.717, 1.165) is 5.57 Å². The summed E-state index contributed by atoms with van der Waals surface area (Å²) in [4.78, 5) is 0. The van der Waals surface area contributed by atoms with E-state index in [-0.39, 0.29) is 0 Å². The molecule has 0 unspecified atom stereocenters. The van der Waals surface area contributed by atoms with Gasteiger partial charge < -0.3 is 0 Å². The first-order chi connectivity index (χ1) is 6.02. The maximum Gasteiger partial charge on any atom is 0.250 e.